The van der Waals surface area contributed by atoms with Crippen molar-refractivity contribution in [1.29, 1.82) is 0 Å². The first-order chi connectivity index (χ1) is 8.56. The maximum Gasteiger partial charge on any atom is 0.437 e. The maximum atomic E-state index is 11.6. The lowest BCUT2D eigenvalue weighted by Gasteiger charge is -2.01. The Hall–Kier alpha value is -1.59. The number of benzene rings is 1. The molecular weight excluding hydrogens is 256 g/mol. The summed E-state index contributed by atoms with van der Waals surface area (Å²) >= 11 is 5.80. The highest BCUT2D eigenvalue weighted by atomic mass is 35.5. The number of aromatic nitrogens is 2. The zero-order chi connectivity index (χ0) is 12.8. The summed E-state index contributed by atoms with van der Waals surface area (Å²) in [4.78, 5) is 11.6. The summed E-state index contributed by atoms with van der Waals surface area (Å²) in [5.41, 5.74) is 0.440. The number of nitrogens with zero attached hydrogens (tertiary/aromatic N) is 2. The topological polar surface area (TPSA) is 60.6 Å². The molecule has 3 rings (SSSR count). The van der Waals surface area contributed by atoms with Crippen molar-refractivity contribution in [1.82, 2.24) is 9.78 Å². The molecule has 0 amide bonds. The van der Waals surface area contributed by atoms with Crippen LogP contribution in [-0.2, 0) is 11.3 Å². The molecule has 0 radical (unpaired) electrons. The summed E-state index contributed by atoms with van der Waals surface area (Å²) in [5, 5.41) is 4.77. The fourth-order valence-electron chi connectivity index (χ4n) is 1.65. The lowest BCUT2D eigenvalue weighted by Crippen LogP contribution is -2.24. The summed E-state index contributed by atoms with van der Waals surface area (Å²) < 4.78 is 11.6. The molecule has 1 saturated heterocycles. The average Bonchev–Trinajstić information content (AvgIpc) is 2.95. The Labute approximate surface area is 108 Å². The molecule has 2 aromatic rings. The second-order valence-electron chi connectivity index (χ2n) is 4.58. The van der Waals surface area contributed by atoms with Crippen molar-refractivity contribution in [2.45, 2.75) is 19.1 Å². The standard InChI is InChI=1S/C12H11ClN2O3/c1-12(7-17-12)6-15-11(16)18-10(14-15)8-2-4-9(13)5-3-8/h2-5H,6-7H2,1H3. The third-order valence-electron chi connectivity index (χ3n) is 2.82. The molecule has 18 heavy (non-hydrogen) atoms. The SMILES string of the molecule is CC1(Cn2nc(-c3ccc(Cl)cc3)oc2=O)CO1. The molecule has 1 aliphatic heterocycles. The van der Waals surface area contributed by atoms with E-state index in [2.05, 4.69) is 5.10 Å². The first kappa shape index (κ1) is 11.5. The van der Waals surface area contributed by atoms with Crippen molar-refractivity contribution >= 4 is 11.6 Å². The molecule has 0 bridgehead atoms. The number of rotatable bonds is 3. The fourth-order valence-corrected chi connectivity index (χ4v) is 1.77. The van der Waals surface area contributed by atoms with Crippen molar-refractivity contribution in [3.05, 3.63) is 39.8 Å². The molecule has 94 valence electrons. The van der Waals surface area contributed by atoms with Gasteiger partial charge in [-0.05, 0) is 31.2 Å². The fraction of sp³-hybridized carbons (Fsp3) is 0.333. The van der Waals surface area contributed by atoms with Crippen molar-refractivity contribution < 1.29 is 9.15 Å². The highest BCUT2D eigenvalue weighted by Gasteiger charge is 2.40. The van der Waals surface area contributed by atoms with Gasteiger partial charge >= 0.3 is 5.76 Å². The summed E-state index contributed by atoms with van der Waals surface area (Å²) in [5.74, 6) is -0.183. The second-order valence-corrected chi connectivity index (χ2v) is 5.01. The average molecular weight is 267 g/mol. The van der Waals surface area contributed by atoms with E-state index in [0.717, 1.165) is 5.56 Å². The van der Waals surface area contributed by atoms with Crippen molar-refractivity contribution in [2.75, 3.05) is 6.61 Å². The van der Waals surface area contributed by atoms with Gasteiger partial charge in [0.15, 0.2) is 0 Å². The lowest BCUT2D eigenvalue weighted by atomic mass is 10.2. The molecule has 2 heterocycles. The Kier molecular flexibility index (Phi) is 2.53. The van der Waals surface area contributed by atoms with Gasteiger partial charge in [-0.2, -0.15) is 4.68 Å². The van der Waals surface area contributed by atoms with Gasteiger partial charge in [0.1, 0.15) is 5.60 Å². The minimum absolute atomic E-state index is 0.280. The minimum atomic E-state index is -0.475. The third kappa shape index (κ3) is 2.19. The lowest BCUT2D eigenvalue weighted by molar-refractivity contribution is 0.278. The first-order valence-electron chi connectivity index (χ1n) is 5.54. The first-order valence-corrected chi connectivity index (χ1v) is 5.91. The van der Waals surface area contributed by atoms with E-state index in [0.29, 0.717) is 24.1 Å². The Morgan fingerprint density at radius 2 is 2.11 bits per heavy atom. The van der Waals surface area contributed by atoms with Crippen molar-refractivity contribution in [3.63, 3.8) is 0 Å². The molecule has 1 aromatic heterocycles. The molecule has 1 aromatic carbocycles. The molecule has 0 saturated carbocycles. The number of halogens is 1. The van der Waals surface area contributed by atoms with Crippen LogP contribution in [0.2, 0.25) is 5.02 Å². The highest BCUT2D eigenvalue weighted by Crippen LogP contribution is 2.27. The van der Waals surface area contributed by atoms with E-state index in [1.165, 1.54) is 4.68 Å². The Balaban J connectivity index is 1.92. The van der Waals surface area contributed by atoms with Gasteiger partial charge in [-0.25, -0.2) is 4.79 Å². The second kappa shape index (κ2) is 3.96. The highest BCUT2D eigenvalue weighted by molar-refractivity contribution is 6.30. The van der Waals surface area contributed by atoms with Crippen LogP contribution in [0.1, 0.15) is 6.92 Å². The van der Waals surface area contributed by atoms with E-state index in [1.54, 1.807) is 24.3 Å². The number of ether oxygens (including phenoxy) is 1. The molecule has 1 aliphatic rings. The van der Waals surface area contributed by atoms with Crippen LogP contribution in [0.4, 0.5) is 0 Å². The van der Waals surface area contributed by atoms with Gasteiger partial charge in [-0.1, -0.05) is 11.6 Å². The molecule has 0 spiro atoms. The number of epoxide rings is 1. The van der Waals surface area contributed by atoms with Crippen LogP contribution in [0.5, 0.6) is 0 Å². The van der Waals surface area contributed by atoms with E-state index < -0.39 is 5.76 Å². The number of hydrogen-bond donors (Lipinski definition) is 0. The van der Waals surface area contributed by atoms with Gasteiger partial charge in [0.2, 0.25) is 5.89 Å². The van der Waals surface area contributed by atoms with Crippen molar-refractivity contribution in [2.24, 2.45) is 0 Å². The summed E-state index contributed by atoms with van der Waals surface area (Å²) in [6.45, 7) is 2.97. The molecule has 6 heteroatoms. The molecule has 0 aliphatic carbocycles. The van der Waals surface area contributed by atoms with Crippen molar-refractivity contribution in [3.8, 4) is 11.5 Å². The van der Waals surface area contributed by atoms with Gasteiger partial charge in [0, 0.05) is 10.6 Å². The molecular formula is C12H11ClN2O3. The van der Waals surface area contributed by atoms with E-state index >= 15 is 0 Å². The molecule has 1 unspecified atom stereocenters. The largest absolute Gasteiger partial charge is 0.437 e. The van der Waals surface area contributed by atoms with Crippen LogP contribution in [0.3, 0.4) is 0 Å². The Bertz CT molecular complexity index is 626. The maximum absolute atomic E-state index is 11.6. The van der Waals surface area contributed by atoms with Gasteiger partial charge in [0.25, 0.3) is 0 Å². The van der Waals surface area contributed by atoms with Gasteiger partial charge < -0.3 is 9.15 Å². The molecule has 1 fully saturated rings. The zero-order valence-corrected chi connectivity index (χ0v) is 10.5. The van der Waals surface area contributed by atoms with Crippen LogP contribution in [0.25, 0.3) is 11.5 Å². The van der Waals surface area contributed by atoms with Crippen LogP contribution in [0, 0.1) is 0 Å². The van der Waals surface area contributed by atoms with Gasteiger partial charge in [-0.3, -0.25) is 0 Å². The van der Waals surface area contributed by atoms with Crippen LogP contribution < -0.4 is 5.76 Å². The van der Waals surface area contributed by atoms with Crippen LogP contribution >= 0.6 is 11.6 Å². The Morgan fingerprint density at radius 1 is 1.44 bits per heavy atom. The number of hydrogen-bond acceptors (Lipinski definition) is 4. The molecule has 0 N–H and O–H groups in total. The third-order valence-corrected chi connectivity index (χ3v) is 3.07. The summed E-state index contributed by atoms with van der Waals surface area (Å²) in [6.07, 6.45) is 0. The molecule has 5 nitrogen and oxygen atoms in total. The van der Waals surface area contributed by atoms with Gasteiger partial charge in [-0.15, -0.1) is 5.10 Å². The molecule has 1 atom stereocenters. The zero-order valence-electron chi connectivity index (χ0n) is 9.72. The summed E-state index contributed by atoms with van der Waals surface area (Å²) in [7, 11) is 0. The quantitative estimate of drug-likeness (QED) is 0.797. The van der Waals surface area contributed by atoms with E-state index in [4.69, 9.17) is 20.8 Å². The van der Waals surface area contributed by atoms with Crippen LogP contribution in [-0.4, -0.2) is 22.0 Å². The minimum Gasteiger partial charge on any atom is -0.388 e. The monoisotopic (exact) mass is 266 g/mol. The van der Waals surface area contributed by atoms with E-state index in [1.807, 2.05) is 6.92 Å². The van der Waals surface area contributed by atoms with E-state index in [9.17, 15) is 4.79 Å². The smallest absolute Gasteiger partial charge is 0.388 e. The Morgan fingerprint density at radius 3 is 2.72 bits per heavy atom. The van der Waals surface area contributed by atoms with Gasteiger partial charge in [0.05, 0.1) is 13.2 Å². The predicted octanol–water partition coefficient (Wildman–Crippen LogP) is 1.95. The normalized spacial score (nSPS) is 22.1. The predicted molar refractivity (Wildman–Crippen MR) is 65.6 cm³/mol. The van der Waals surface area contributed by atoms with Crippen LogP contribution in [0.15, 0.2) is 33.5 Å². The van der Waals surface area contributed by atoms with E-state index in [-0.39, 0.29) is 5.60 Å². The summed E-state index contributed by atoms with van der Waals surface area (Å²) in [6, 6.07) is 6.96.